The fourth-order valence-corrected chi connectivity index (χ4v) is 1.80. The highest BCUT2D eigenvalue weighted by atomic mass is 16.5. The van der Waals surface area contributed by atoms with Crippen molar-refractivity contribution in [3.05, 3.63) is 0 Å². The van der Waals surface area contributed by atoms with Crippen molar-refractivity contribution in [1.82, 2.24) is 4.90 Å². The average molecular weight is 331 g/mol. The van der Waals surface area contributed by atoms with Crippen molar-refractivity contribution in [1.29, 1.82) is 0 Å². The SMILES string of the molecule is CCC(C)C(=O)COCCOCCOCC(=O)N(C)CC(C)C. The molecule has 0 spiro atoms. The van der Waals surface area contributed by atoms with Gasteiger partial charge in [0.25, 0.3) is 0 Å². The van der Waals surface area contributed by atoms with Crippen LogP contribution in [-0.4, -0.2) is 69.8 Å². The lowest BCUT2D eigenvalue weighted by Gasteiger charge is -2.19. The molecule has 0 N–H and O–H groups in total. The van der Waals surface area contributed by atoms with E-state index in [4.69, 9.17) is 14.2 Å². The number of hydrogen-bond donors (Lipinski definition) is 0. The molecule has 0 aliphatic rings. The van der Waals surface area contributed by atoms with E-state index in [9.17, 15) is 9.59 Å². The highest BCUT2D eigenvalue weighted by molar-refractivity contribution is 5.81. The van der Waals surface area contributed by atoms with Crippen LogP contribution in [0, 0.1) is 11.8 Å². The molecule has 1 amide bonds. The Morgan fingerprint density at radius 3 is 1.96 bits per heavy atom. The summed E-state index contributed by atoms with van der Waals surface area (Å²) >= 11 is 0. The normalized spacial score (nSPS) is 12.4. The lowest BCUT2D eigenvalue weighted by Crippen LogP contribution is -2.33. The van der Waals surface area contributed by atoms with Crippen LogP contribution in [0.25, 0.3) is 0 Å². The number of nitrogens with zero attached hydrogens (tertiary/aromatic N) is 1. The van der Waals surface area contributed by atoms with Gasteiger partial charge in [0.15, 0.2) is 5.78 Å². The fourth-order valence-electron chi connectivity index (χ4n) is 1.80. The molecular formula is C17H33NO5. The lowest BCUT2D eigenvalue weighted by atomic mass is 10.1. The fraction of sp³-hybridized carbons (Fsp3) is 0.882. The summed E-state index contributed by atoms with van der Waals surface area (Å²) < 4.78 is 15.9. The van der Waals surface area contributed by atoms with Gasteiger partial charge in [-0.15, -0.1) is 0 Å². The van der Waals surface area contributed by atoms with E-state index in [1.54, 1.807) is 11.9 Å². The van der Waals surface area contributed by atoms with Crippen LogP contribution >= 0.6 is 0 Å². The number of carbonyl (C=O) groups is 2. The van der Waals surface area contributed by atoms with E-state index >= 15 is 0 Å². The first kappa shape index (κ1) is 22.0. The van der Waals surface area contributed by atoms with Gasteiger partial charge in [-0.2, -0.15) is 0 Å². The second kappa shape index (κ2) is 13.5. The van der Waals surface area contributed by atoms with E-state index in [1.165, 1.54) is 0 Å². The molecule has 23 heavy (non-hydrogen) atoms. The Kier molecular flexibility index (Phi) is 12.9. The zero-order chi connectivity index (χ0) is 17.7. The summed E-state index contributed by atoms with van der Waals surface area (Å²) in [5, 5.41) is 0. The molecule has 136 valence electrons. The number of hydrogen-bond acceptors (Lipinski definition) is 5. The molecular weight excluding hydrogens is 298 g/mol. The molecule has 0 rings (SSSR count). The Morgan fingerprint density at radius 2 is 1.43 bits per heavy atom. The highest BCUT2D eigenvalue weighted by Crippen LogP contribution is 2.02. The summed E-state index contributed by atoms with van der Waals surface area (Å²) in [5.41, 5.74) is 0. The van der Waals surface area contributed by atoms with Gasteiger partial charge in [-0.05, 0) is 12.3 Å². The zero-order valence-corrected chi connectivity index (χ0v) is 15.3. The van der Waals surface area contributed by atoms with Gasteiger partial charge >= 0.3 is 0 Å². The van der Waals surface area contributed by atoms with Gasteiger partial charge in [0, 0.05) is 19.5 Å². The average Bonchev–Trinajstić information content (AvgIpc) is 2.51. The molecule has 0 radical (unpaired) electrons. The summed E-state index contributed by atoms with van der Waals surface area (Å²) in [6.45, 7) is 10.5. The first-order valence-electron chi connectivity index (χ1n) is 8.38. The molecule has 0 aromatic rings. The largest absolute Gasteiger partial charge is 0.377 e. The summed E-state index contributed by atoms with van der Waals surface area (Å²) in [7, 11) is 1.78. The van der Waals surface area contributed by atoms with Crippen molar-refractivity contribution in [2.75, 3.05) is 53.2 Å². The molecule has 0 bridgehead atoms. The standard InChI is InChI=1S/C17H33NO5/c1-6-15(4)16(19)12-22-9-7-21-8-10-23-13-17(20)18(5)11-14(2)3/h14-15H,6-13H2,1-5H3. The minimum Gasteiger partial charge on any atom is -0.377 e. The number of rotatable bonds is 14. The maximum Gasteiger partial charge on any atom is 0.248 e. The molecule has 0 aromatic heterocycles. The lowest BCUT2D eigenvalue weighted by molar-refractivity contribution is -0.135. The number of amides is 1. The van der Waals surface area contributed by atoms with E-state index in [0.29, 0.717) is 32.3 Å². The predicted octanol–water partition coefficient (Wildman–Crippen LogP) is 1.77. The zero-order valence-electron chi connectivity index (χ0n) is 15.3. The van der Waals surface area contributed by atoms with Crippen LogP contribution in [0.4, 0.5) is 0 Å². The Labute approximate surface area is 140 Å². The number of carbonyl (C=O) groups excluding carboxylic acids is 2. The third kappa shape index (κ3) is 12.1. The van der Waals surface area contributed by atoms with Crippen LogP contribution < -0.4 is 0 Å². The smallest absolute Gasteiger partial charge is 0.248 e. The minimum absolute atomic E-state index is 0.0226. The Hall–Kier alpha value is -0.980. The second-order valence-electron chi connectivity index (χ2n) is 6.16. The third-order valence-electron chi connectivity index (χ3n) is 3.44. The molecule has 1 unspecified atom stereocenters. The van der Waals surface area contributed by atoms with Crippen LogP contribution in [0.5, 0.6) is 0 Å². The number of likely N-dealkylation sites (N-methyl/N-ethyl adjacent to an activating group) is 1. The van der Waals surface area contributed by atoms with Gasteiger partial charge in [0.2, 0.25) is 5.91 Å². The van der Waals surface area contributed by atoms with Gasteiger partial charge in [-0.1, -0.05) is 27.7 Å². The van der Waals surface area contributed by atoms with E-state index in [1.807, 2.05) is 13.8 Å². The molecule has 0 aliphatic carbocycles. The van der Waals surface area contributed by atoms with Crippen LogP contribution in [0.1, 0.15) is 34.1 Å². The summed E-state index contributed by atoms with van der Waals surface area (Å²) in [4.78, 5) is 24.9. The van der Waals surface area contributed by atoms with Crippen molar-refractivity contribution < 1.29 is 23.8 Å². The van der Waals surface area contributed by atoms with Crippen LogP contribution in [0.15, 0.2) is 0 Å². The summed E-state index contributed by atoms with van der Waals surface area (Å²) in [6, 6.07) is 0. The van der Waals surface area contributed by atoms with Crippen molar-refractivity contribution in [2.24, 2.45) is 11.8 Å². The minimum atomic E-state index is -0.0226. The first-order chi connectivity index (χ1) is 10.9. The van der Waals surface area contributed by atoms with Gasteiger partial charge in [-0.25, -0.2) is 0 Å². The summed E-state index contributed by atoms with van der Waals surface area (Å²) in [6.07, 6.45) is 0.834. The second-order valence-corrected chi connectivity index (χ2v) is 6.16. The van der Waals surface area contributed by atoms with Gasteiger partial charge in [0.05, 0.1) is 26.4 Å². The highest BCUT2D eigenvalue weighted by Gasteiger charge is 2.10. The van der Waals surface area contributed by atoms with Crippen LogP contribution in [0.3, 0.4) is 0 Å². The molecule has 0 aromatic carbocycles. The Morgan fingerprint density at radius 1 is 0.913 bits per heavy atom. The third-order valence-corrected chi connectivity index (χ3v) is 3.44. The molecule has 1 atom stereocenters. The number of Topliss-reactive ketones (excluding diaryl/α,β-unsaturated/α-hetero) is 1. The maximum atomic E-state index is 11.7. The Balaban J connectivity index is 3.43. The summed E-state index contributed by atoms with van der Waals surface area (Å²) in [5.74, 6) is 0.598. The quantitative estimate of drug-likeness (QED) is 0.454. The molecule has 0 fully saturated rings. The Bertz CT molecular complexity index is 333. The molecule has 0 saturated carbocycles. The number of ether oxygens (including phenoxy) is 3. The topological polar surface area (TPSA) is 65.1 Å². The molecule has 0 heterocycles. The van der Waals surface area contributed by atoms with Crippen molar-refractivity contribution >= 4 is 11.7 Å². The van der Waals surface area contributed by atoms with Gasteiger partial charge < -0.3 is 19.1 Å². The maximum absolute atomic E-state index is 11.7. The molecule has 6 heteroatoms. The van der Waals surface area contributed by atoms with E-state index in [0.717, 1.165) is 13.0 Å². The molecule has 6 nitrogen and oxygen atoms in total. The van der Waals surface area contributed by atoms with Gasteiger partial charge in [-0.3, -0.25) is 9.59 Å². The van der Waals surface area contributed by atoms with Crippen molar-refractivity contribution in [2.45, 2.75) is 34.1 Å². The van der Waals surface area contributed by atoms with Gasteiger partial charge in [0.1, 0.15) is 13.2 Å². The first-order valence-corrected chi connectivity index (χ1v) is 8.38. The van der Waals surface area contributed by atoms with Crippen molar-refractivity contribution in [3.8, 4) is 0 Å². The monoisotopic (exact) mass is 331 g/mol. The van der Waals surface area contributed by atoms with E-state index < -0.39 is 0 Å². The van der Waals surface area contributed by atoms with E-state index in [2.05, 4.69) is 13.8 Å². The predicted molar refractivity (Wildman–Crippen MR) is 89.4 cm³/mol. The van der Waals surface area contributed by atoms with E-state index in [-0.39, 0.29) is 30.8 Å². The van der Waals surface area contributed by atoms with Crippen LogP contribution in [-0.2, 0) is 23.8 Å². The van der Waals surface area contributed by atoms with Crippen molar-refractivity contribution in [3.63, 3.8) is 0 Å². The molecule has 0 saturated heterocycles. The number of ketones is 1. The molecule has 0 aliphatic heterocycles. The van der Waals surface area contributed by atoms with Crippen LogP contribution in [0.2, 0.25) is 0 Å².